The summed E-state index contributed by atoms with van der Waals surface area (Å²) in [6.45, 7) is 37.8. The number of rotatable bonds is 37. The van der Waals surface area contributed by atoms with E-state index in [1.165, 1.54) is 54.6 Å². The van der Waals surface area contributed by atoms with Gasteiger partial charge in [0.05, 0.1) is 62.2 Å². The molecule has 40 heteroatoms. The van der Waals surface area contributed by atoms with Crippen LogP contribution in [-0.4, -0.2) is 257 Å². The number of nitrogens with zero attached hydrogens (tertiary/aromatic N) is 9. The van der Waals surface area contributed by atoms with Gasteiger partial charge in [0.25, 0.3) is 0 Å². The number of methoxy groups -OCH3 is 1. The molecule has 0 heterocycles. The Bertz CT molecular complexity index is 4900. The normalized spacial score (nSPS) is 11.8. The van der Waals surface area contributed by atoms with E-state index in [4.69, 9.17) is 68.0 Å². The lowest BCUT2D eigenvalue weighted by Crippen LogP contribution is -2.28. The highest BCUT2D eigenvalue weighted by molar-refractivity contribution is 6.32. The molecule has 8 aromatic rings. The monoisotopic (exact) mass is 2110 g/mol. The number of halogens is 24. The van der Waals surface area contributed by atoms with Crippen LogP contribution in [-0.2, 0) is 48.0 Å². The maximum absolute atomic E-state index is 12.7. The molecule has 0 fully saturated rings. The fourth-order valence-electron chi connectivity index (χ4n) is 12.6. The summed E-state index contributed by atoms with van der Waals surface area (Å²) in [5, 5.41) is 0.0992. The van der Waals surface area contributed by atoms with Gasteiger partial charge in [0.2, 0.25) is 0 Å². The molecular formula is C102H141Cl3F21N9O7. The van der Waals surface area contributed by atoms with E-state index >= 15 is 0 Å². The van der Waals surface area contributed by atoms with Crippen LogP contribution >= 0.6 is 34.8 Å². The van der Waals surface area contributed by atoms with Crippen molar-refractivity contribution in [2.45, 2.75) is 140 Å². The van der Waals surface area contributed by atoms with E-state index in [1.54, 1.807) is 55.6 Å². The second kappa shape index (κ2) is 62.9. The van der Waals surface area contributed by atoms with Gasteiger partial charge in [-0.1, -0.05) is 68.6 Å². The Kier molecular flexibility index (Phi) is 58.2. The molecule has 0 aliphatic carbocycles. The zero-order valence-corrected chi connectivity index (χ0v) is 88.2. The Balaban J connectivity index is 0.000000812. The average molecular weight is 2110 g/mol. The van der Waals surface area contributed by atoms with Crippen molar-refractivity contribution in [2.75, 3.05) is 233 Å². The third-order valence-corrected chi connectivity index (χ3v) is 22.0. The molecule has 0 aromatic heterocycles. The summed E-state index contributed by atoms with van der Waals surface area (Å²) in [4.78, 5) is 18.2. The molecule has 0 spiro atoms. The lowest BCUT2D eigenvalue weighted by atomic mass is 10.1. The van der Waals surface area contributed by atoms with Gasteiger partial charge < -0.3 is 77.3 Å². The summed E-state index contributed by atoms with van der Waals surface area (Å²) in [7, 11) is 24.8. The van der Waals surface area contributed by atoms with Gasteiger partial charge in [-0.3, -0.25) is 0 Å². The highest BCUT2D eigenvalue weighted by atomic mass is 35.5. The van der Waals surface area contributed by atoms with Crippen molar-refractivity contribution in [3.8, 4) is 34.5 Å². The molecule has 0 aliphatic heterocycles. The van der Waals surface area contributed by atoms with Crippen molar-refractivity contribution >= 4 is 46.2 Å². The smallest absolute Gasteiger partial charge is 0.417 e. The van der Waals surface area contributed by atoms with Crippen molar-refractivity contribution in [3.05, 3.63) is 231 Å². The fraction of sp³-hybridized carbons (Fsp3) is 0.529. The molecule has 0 saturated heterocycles. The van der Waals surface area contributed by atoms with Crippen LogP contribution in [0.2, 0.25) is 15.1 Å². The van der Waals surface area contributed by atoms with Crippen LogP contribution in [0.3, 0.4) is 0 Å². The Labute approximate surface area is 840 Å². The quantitative estimate of drug-likeness (QED) is 0.0273. The Morgan fingerprint density at radius 1 is 0.232 bits per heavy atom. The summed E-state index contributed by atoms with van der Waals surface area (Å²) in [5.74, 6) is 3.19. The van der Waals surface area contributed by atoms with E-state index in [-0.39, 0.29) is 10.0 Å². The largest absolute Gasteiger partial charge is 0.493 e. The van der Waals surface area contributed by atoms with Gasteiger partial charge in [-0.2, -0.15) is 92.2 Å². The Morgan fingerprint density at radius 2 is 0.479 bits per heavy atom. The number of likely N-dealkylation sites (N-methyl/N-ethyl adjacent to an activating group) is 8. The zero-order valence-electron chi connectivity index (χ0n) is 85.9. The maximum Gasteiger partial charge on any atom is 0.417 e. The van der Waals surface area contributed by atoms with Crippen LogP contribution in [0, 0.1) is 62.3 Å². The summed E-state index contributed by atoms with van der Waals surface area (Å²) in [6, 6.07) is 26.7. The van der Waals surface area contributed by atoms with Gasteiger partial charge in [-0.25, -0.2) is 0 Å². The number of alkyl halides is 21. The molecule has 0 N–H and O–H groups in total. The predicted molar refractivity (Wildman–Crippen MR) is 529 cm³/mol. The summed E-state index contributed by atoms with van der Waals surface area (Å²) >= 11 is 17.3. The van der Waals surface area contributed by atoms with E-state index < -0.39 is 82.2 Å². The van der Waals surface area contributed by atoms with Gasteiger partial charge >= 0.3 is 43.2 Å². The number of benzene rings is 8. The van der Waals surface area contributed by atoms with Crippen LogP contribution in [0.15, 0.2) is 127 Å². The standard InChI is InChI=1S/C14H19ClF3NO.C14H20F3NO.C13H20ClNO.C13H19F3N2.C12H15ClF3NO.3C12H16F3NO/c1-4-19(5-2)6-7-20-13-9-12(15)11(8-10(13)3)14(16,17)18;1-4-18(5-2)8-9-19-13-7-6-12(10-11(13)3)14(15,16)17;1-10-8-11(2)13(9-12(10)14)16-7-5-6-15(3)4;1-10-9-11(13(14,15)16)5-6-12(10)18(4)8-7-17(2)3;1-8-6-9(12(14,15)16)10(13)7-11(8)18-5-4-17(2)3;1-9-8-10(12(13,14)15)4-5-11(9)16(2)6-7-17-3;2*1-9-8-10(12(13,14)15)4-5-11(9)17-7-6-16(2)3/h8-9H,4-7H2,1-3H3;6-7,10H,4-5,8-9H2,1-3H3;8-9H,5-7H2,1-4H3;5-6,9H,7-8H2,1-4H3;6-7H,4-5H2,1-3H3;3*4-5,8H,6-7H2,1-3H3. The van der Waals surface area contributed by atoms with Crippen molar-refractivity contribution in [2.24, 2.45) is 0 Å². The number of ether oxygens (including phenoxy) is 7. The minimum absolute atomic E-state index is 0.332. The number of hydrogen-bond acceptors (Lipinski definition) is 16. The van der Waals surface area contributed by atoms with Gasteiger partial charge in [0.15, 0.2) is 0 Å². The van der Waals surface area contributed by atoms with Gasteiger partial charge in [-0.05, 0) is 337 Å². The van der Waals surface area contributed by atoms with Crippen molar-refractivity contribution in [1.82, 2.24) is 34.3 Å². The molecule has 0 aliphatic rings. The maximum atomic E-state index is 12.7. The second-order valence-electron chi connectivity index (χ2n) is 34.3. The molecule has 8 rings (SSSR count). The molecule has 0 bridgehead atoms. The molecule has 0 amide bonds. The first-order chi connectivity index (χ1) is 65.6. The molecule has 0 unspecified atom stereocenters. The minimum Gasteiger partial charge on any atom is -0.493 e. The average Bonchev–Trinajstić information content (AvgIpc) is 0.807. The van der Waals surface area contributed by atoms with E-state index in [9.17, 15) is 92.2 Å². The molecule has 8 aromatic carbocycles. The highest BCUT2D eigenvalue weighted by Crippen LogP contribution is 2.42. The lowest BCUT2D eigenvalue weighted by molar-refractivity contribution is -0.138. The molecule has 0 saturated carbocycles. The van der Waals surface area contributed by atoms with Gasteiger partial charge in [0.1, 0.15) is 67.5 Å². The fourth-order valence-corrected chi connectivity index (χ4v) is 13.2. The molecular weight excluding hydrogens is 1970 g/mol. The number of aryl methyl sites for hydroxylation is 9. The molecule has 0 radical (unpaired) electrons. The van der Waals surface area contributed by atoms with Crippen LogP contribution in [0.4, 0.5) is 104 Å². The summed E-state index contributed by atoms with van der Waals surface area (Å²) in [5.41, 5.74) is 2.69. The summed E-state index contributed by atoms with van der Waals surface area (Å²) < 4.78 is 301. The number of anilines is 2. The lowest BCUT2D eigenvalue weighted by Gasteiger charge is -2.24. The van der Waals surface area contributed by atoms with E-state index in [0.29, 0.717) is 120 Å². The van der Waals surface area contributed by atoms with E-state index in [2.05, 4.69) is 48.7 Å². The topological polar surface area (TPSA) is 93.8 Å². The SMILES string of the molecule is CCN(CC)CCOc1cc(Cl)c(C(F)(F)F)cc1C.CCN(CC)CCOc1ccc(C(F)(F)F)cc1C.COCCN(C)c1ccc(C(F)(F)F)cc1C.Cc1cc(C(F)(F)F)c(Cl)cc1OCCN(C)C.Cc1cc(C(F)(F)F)ccc1N(C)CCN(C)C.Cc1cc(C(F)(F)F)ccc1OCCN(C)C.Cc1cc(C(F)(F)F)ccc1OCCN(C)C.Cc1cc(C)c(OCCCN(C)C)cc1Cl. The summed E-state index contributed by atoms with van der Waals surface area (Å²) in [6.07, 6.45) is -29.3. The Morgan fingerprint density at radius 3 is 0.739 bits per heavy atom. The third kappa shape index (κ3) is 51.3. The van der Waals surface area contributed by atoms with Crippen LogP contribution in [0.25, 0.3) is 0 Å². The molecule has 142 heavy (non-hydrogen) atoms. The first-order valence-electron chi connectivity index (χ1n) is 45.3. The van der Waals surface area contributed by atoms with E-state index in [1.807, 2.05) is 134 Å². The third-order valence-electron chi connectivity index (χ3n) is 21.0. The van der Waals surface area contributed by atoms with Crippen LogP contribution in [0.5, 0.6) is 34.5 Å². The first kappa shape index (κ1) is 131. The van der Waals surface area contributed by atoms with Crippen molar-refractivity contribution < 1.29 is 125 Å². The second-order valence-corrected chi connectivity index (χ2v) is 35.6. The molecule has 0 atom stereocenters. The van der Waals surface area contributed by atoms with Gasteiger partial charge in [-0.15, -0.1) is 0 Å². The van der Waals surface area contributed by atoms with Crippen LogP contribution in [0.1, 0.15) is 123 Å². The van der Waals surface area contributed by atoms with Crippen LogP contribution < -0.4 is 38.2 Å². The van der Waals surface area contributed by atoms with Crippen molar-refractivity contribution in [3.63, 3.8) is 0 Å². The molecule has 804 valence electrons. The molecule has 16 nitrogen and oxygen atoms in total. The van der Waals surface area contributed by atoms with E-state index in [0.717, 1.165) is 179 Å². The Hall–Kier alpha value is -8.76. The predicted octanol–water partition coefficient (Wildman–Crippen LogP) is 27.0. The number of hydrogen-bond donors (Lipinski definition) is 0. The van der Waals surface area contributed by atoms with Gasteiger partial charge in [0, 0.05) is 96.5 Å². The van der Waals surface area contributed by atoms with Crippen molar-refractivity contribution in [1.29, 1.82) is 0 Å². The zero-order chi connectivity index (χ0) is 109. The first-order valence-corrected chi connectivity index (χ1v) is 46.5. The highest BCUT2D eigenvalue weighted by Gasteiger charge is 2.38. The minimum atomic E-state index is -4.44.